The molecule has 0 radical (unpaired) electrons. The summed E-state index contributed by atoms with van der Waals surface area (Å²) in [5, 5.41) is 3.45. The lowest BCUT2D eigenvalue weighted by molar-refractivity contribution is 0.461. The topological polar surface area (TPSA) is 50.4 Å². The summed E-state index contributed by atoms with van der Waals surface area (Å²) in [6, 6.07) is 12.5. The molecular formula is C19H25IN6. The van der Waals surface area contributed by atoms with E-state index in [9.17, 15) is 0 Å². The fourth-order valence-electron chi connectivity index (χ4n) is 2.85. The maximum absolute atomic E-state index is 4.41. The first kappa shape index (κ1) is 20.0. The number of halogens is 1. The highest BCUT2D eigenvalue weighted by Crippen LogP contribution is 2.14. The molecule has 0 atom stereocenters. The molecular weight excluding hydrogens is 439 g/mol. The summed E-state index contributed by atoms with van der Waals surface area (Å²) in [4.78, 5) is 10.7. The van der Waals surface area contributed by atoms with Crippen LogP contribution in [-0.4, -0.2) is 39.1 Å². The molecule has 1 aromatic carbocycles. The minimum absolute atomic E-state index is 0. The monoisotopic (exact) mass is 464 g/mol. The number of hydrogen-bond donors (Lipinski definition) is 1. The number of nitrogens with zero attached hydrogens (tertiary/aromatic N) is 5. The van der Waals surface area contributed by atoms with E-state index >= 15 is 0 Å². The van der Waals surface area contributed by atoms with Crippen molar-refractivity contribution in [3.05, 3.63) is 72.6 Å². The summed E-state index contributed by atoms with van der Waals surface area (Å²) in [5.41, 5.74) is 3.55. The number of aryl methyl sites for hydroxylation is 1. The molecule has 1 N–H and O–H groups in total. The molecule has 2 heterocycles. The zero-order chi connectivity index (χ0) is 17.6. The number of nitrogens with one attached hydrogen (secondary N) is 1. The molecule has 3 aromatic rings. The third kappa shape index (κ3) is 4.66. The first-order valence-electron chi connectivity index (χ1n) is 8.27. The quantitative estimate of drug-likeness (QED) is 0.359. The van der Waals surface area contributed by atoms with Crippen LogP contribution in [0, 0.1) is 0 Å². The third-order valence-electron chi connectivity index (χ3n) is 4.24. The molecule has 138 valence electrons. The number of rotatable bonds is 5. The van der Waals surface area contributed by atoms with Crippen molar-refractivity contribution in [2.75, 3.05) is 14.1 Å². The van der Waals surface area contributed by atoms with Crippen molar-refractivity contribution in [2.24, 2.45) is 12.0 Å². The Bertz CT molecular complexity index is 837. The predicted molar refractivity (Wildman–Crippen MR) is 116 cm³/mol. The summed E-state index contributed by atoms with van der Waals surface area (Å²) in [6.45, 7) is 1.49. The van der Waals surface area contributed by atoms with Crippen molar-refractivity contribution < 1.29 is 0 Å². The van der Waals surface area contributed by atoms with Crippen LogP contribution < -0.4 is 5.32 Å². The molecule has 6 nitrogen and oxygen atoms in total. The van der Waals surface area contributed by atoms with E-state index in [-0.39, 0.29) is 24.0 Å². The Balaban J connectivity index is 0.00000243. The fraction of sp³-hybridized carbons (Fsp3) is 0.263. The molecule has 0 aliphatic carbocycles. The number of benzene rings is 1. The van der Waals surface area contributed by atoms with Gasteiger partial charge in [-0.25, -0.2) is 4.98 Å². The molecule has 26 heavy (non-hydrogen) atoms. The SMILES string of the molecule is CN=C(NCc1ccccc1-n1ccnc1)N(C)Cc1cccn1C.I. The number of aliphatic imine (C=N–C) groups is 1. The van der Waals surface area contributed by atoms with Crippen LogP contribution in [0.2, 0.25) is 0 Å². The fourth-order valence-corrected chi connectivity index (χ4v) is 2.85. The van der Waals surface area contributed by atoms with Gasteiger partial charge in [0.15, 0.2) is 5.96 Å². The van der Waals surface area contributed by atoms with Gasteiger partial charge in [0.05, 0.1) is 18.6 Å². The van der Waals surface area contributed by atoms with Gasteiger partial charge in [0.25, 0.3) is 0 Å². The van der Waals surface area contributed by atoms with Gasteiger partial charge in [-0.3, -0.25) is 4.99 Å². The minimum Gasteiger partial charge on any atom is -0.353 e. The largest absolute Gasteiger partial charge is 0.353 e. The predicted octanol–water partition coefficient (Wildman–Crippen LogP) is 3.04. The molecule has 7 heteroatoms. The van der Waals surface area contributed by atoms with E-state index in [0.29, 0.717) is 6.54 Å². The van der Waals surface area contributed by atoms with E-state index in [2.05, 4.69) is 62.3 Å². The van der Waals surface area contributed by atoms with Gasteiger partial charge >= 0.3 is 0 Å². The van der Waals surface area contributed by atoms with Crippen molar-refractivity contribution >= 4 is 29.9 Å². The highest BCUT2D eigenvalue weighted by Gasteiger charge is 2.10. The van der Waals surface area contributed by atoms with Crippen LogP contribution in [0.5, 0.6) is 0 Å². The van der Waals surface area contributed by atoms with Crippen LogP contribution in [0.4, 0.5) is 0 Å². The van der Waals surface area contributed by atoms with Gasteiger partial charge in [0, 0.05) is 52.0 Å². The Hall–Kier alpha value is -2.29. The average molecular weight is 464 g/mol. The van der Waals surface area contributed by atoms with E-state index in [1.165, 1.54) is 11.3 Å². The Morgan fingerprint density at radius 1 is 1.19 bits per heavy atom. The molecule has 0 aliphatic heterocycles. The van der Waals surface area contributed by atoms with Crippen LogP contribution in [0.1, 0.15) is 11.3 Å². The molecule has 0 amide bonds. The van der Waals surface area contributed by atoms with Gasteiger partial charge < -0.3 is 19.4 Å². The molecule has 0 saturated heterocycles. The van der Waals surface area contributed by atoms with Crippen molar-refractivity contribution in [2.45, 2.75) is 13.1 Å². The van der Waals surface area contributed by atoms with Crippen molar-refractivity contribution in [1.82, 2.24) is 24.3 Å². The van der Waals surface area contributed by atoms with Crippen molar-refractivity contribution in [1.29, 1.82) is 0 Å². The van der Waals surface area contributed by atoms with Crippen molar-refractivity contribution in [3.63, 3.8) is 0 Å². The lowest BCUT2D eigenvalue weighted by Gasteiger charge is -2.23. The van der Waals surface area contributed by atoms with Crippen LogP contribution in [0.25, 0.3) is 5.69 Å². The summed E-state index contributed by atoms with van der Waals surface area (Å²) < 4.78 is 4.14. The minimum atomic E-state index is 0. The summed E-state index contributed by atoms with van der Waals surface area (Å²) >= 11 is 0. The van der Waals surface area contributed by atoms with Gasteiger partial charge in [-0.05, 0) is 23.8 Å². The van der Waals surface area contributed by atoms with Gasteiger partial charge in [0.2, 0.25) is 0 Å². The zero-order valence-corrected chi connectivity index (χ0v) is 17.7. The Kier molecular flexibility index (Phi) is 7.26. The second kappa shape index (κ2) is 9.42. The number of para-hydroxylation sites is 1. The van der Waals surface area contributed by atoms with E-state index in [0.717, 1.165) is 18.2 Å². The van der Waals surface area contributed by atoms with Crippen LogP contribution in [0.3, 0.4) is 0 Å². The second-order valence-corrected chi connectivity index (χ2v) is 5.97. The molecule has 0 unspecified atom stereocenters. The number of imidazole rings is 1. The van der Waals surface area contributed by atoms with Gasteiger partial charge in [-0.1, -0.05) is 18.2 Å². The second-order valence-electron chi connectivity index (χ2n) is 5.97. The Labute approximate surface area is 171 Å². The molecule has 2 aromatic heterocycles. The molecule has 3 rings (SSSR count). The number of hydrogen-bond acceptors (Lipinski definition) is 2. The van der Waals surface area contributed by atoms with Gasteiger partial charge in [-0.2, -0.15) is 0 Å². The molecule has 0 saturated carbocycles. The van der Waals surface area contributed by atoms with Crippen LogP contribution >= 0.6 is 24.0 Å². The highest BCUT2D eigenvalue weighted by molar-refractivity contribution is 14.0. The first-order chi connectivity index (χ1) is 12.2. The van der Waals surface area contributed by atoms with E-state index in [4.69, 9.17) is 0 Å². The Morgan fingerprint density at radius 3 is 2.65 bits per heavy atom. The van der Waals surface area contributed by atoms with Crippen LogP contribution in [0.15, 0.2) is 66.3 Å². The van der Waals surface area contributed by atoms with Gasteiger partial charge in [-0.15, -0.1) is 24.0 Å². The molecule has 0 aliphatic rings. The van der Waals surface area contributed by atoms with Gasteiger partial charge in [0.1, 0.15) is 0 Å². The van der Waals surface area contributed by atoms with E-state index in [1.807, 2.05) is 43.3 Å². The summed E-state index contributed by atoms with van der Waals surface area (Å²) in [5.74, 6) is 0.863. The normalized spacial score (nSPS) is 11.1. The highest BCUT2D eigenvalue weighted by atomic mass is 127. The molecule has 0 fully saturated rings. The van der Waals surface area contributed by atoms with Crippen molar-refractivity contribution in [3.8, 4) is 5.69 Å². The smallest absolute Gasteiger partial charge is 0.194 e. The Morgan fingerprint density at radius 2 is 2.00 bits per heavy atom. The maximum atomic E-state index is 4.41. The zero-order valence-electron chi connectivity index (χ0n) is 15.3. The molecule has 0 bridgehead atoms. The number of aromatic nitrogens is 3. The standard InChI is InChI=1S/C19H24N6.HI/c1-20-19(24(3)14-17-8-6-11-23(17)2)22-13-16-7-4-5-9-18(16)25-12-10-21-15-25;/h4-12,15H,13-14H2,1-3H3,(H,20,22);1H. The van der Waals surface area contributed by atoms with E-state index in [1.54, 1.807) is 6.20 Å². The third-order valence-corrected chi connectivity index (χ3v) is 4.24. The summed E-state index contributed by atoms with van der Waals surface area (Å²) in [6.07, 6.45) is 7.61. The van der Waals surface area contributed by atoms with Crippen LogP contribution in [-0.2, 0) is 20.1 Å². The lowest BCUT2D eigenvalue weighted by atomic mass is 10.1. The average Bonchev–Trinajstić information content (AvgIpc) is 3.28. The lowest BCUT2D eigenvalue weighted by Crippen LogP contribution is -2.38. The maximum Gasteiger partial charge on any atom is 0.194 e. The van der Waals surface area contributed by atoms with E-state index < -0.39 is 0 Å². The molecule has 0 spiro atoms. The summed E-state index contributed by atoms with van der Waals surface area (Å²) in [7, 11) is 5.91. The number of guanidine groups is 1. The first-order valence-corrected chi connectivity index (χ1v) is 8.27.